The minimum atomic E-state index is -0.355. The van der Waals surface area contributed by atoms with Crippen LogP contribution in [0.15, 0.2) is 17.3 Å². The summed E-state index contributed by atoms with van der Waals surface area (Å²) in [6.45, 7) is 4.26. The van der Waals surface area contributed by atoms with Gasteiger partial charge in [-0.1, -0.05) is 13.3 Å². The lowest BCUT2D eigenvalue weighted by molar-refractivity contribution is 0.0521. The van der Waals surface area contributed by atoms with Crippen molar-refractivity contribution in [1.29, 1.82) is 0 Å². The molecule has 0 bridgehead atoms. The van der Waals surface area contributed by atoms with Crippen LogP contribution in [0.4, 0.5) is 5.69 Å². The van der Waals surface area contributed by atoms with Crippen LogP contribution >= 0.6 is 11.8 Å². The van der Waals surface area contributed by atoms with Gasteiger partial charge in [-0.15, -0.1) is 11.8 Å². The molecule has 1 rings (SSSR count). The van der Waals surface area contributed by atoms with Gasteiger partial charge in [-0.2, -0.15) is 0 Å². The molecule has 1 heterocycles. The SMILES string of the molecule is CCCCSc1ncc(N)cc1C(=O)OCC. The fourth-order valence-corrected chi connectivity index (χ4v) is 2.30. The topological polar surface area (TPSA) is 65.2 Å². The van der Waals surface area contributed by atoms with E-state index in [1.165, 1.54) is 0 Å². The van der Waals surface area contributed by atoms with Crippen molar-refractivity contribution in [2.75, 3.05) is 18.1 Å². The molecule has 17 heavy (non-hydrogen) atoms. The molecule has 0 atom stereocenters. The van der Waals surface area contributed by atoms with Crippen LogP contribution in [0, 0.1) is 0 Å². The number of nitrogen functional groups attached to an aromatic ring is 1. The summed E-state index contributed by atoms with van der Waals surface area (Å²) in [7, 11) is 0. The number of thioether (sulfide) groups is 1. The van der Waals surface area contributed by atoms with Crippen LogP contribution in [0.3, 0.4) is 0 Å². The summed E-state index contributed by atoms with van der Waals surface area (Å²) in [6.07, 6.45) is 3.78. The van der Waals surface area contributed by atoms with E-state index >= 15 is 0 Å². The summed E-state index contributed by atoms with van der Waals surface area (Å²) in [5.74, 6) is 0.589. The summed E-state index contributed by atoms with van der Waals surface area (Å²) in [6, 6.07) is 1.62. The molecule has 0 unspecified atom stereocenters. The zero-order chi connectivity index (χ0) is 12.7. The van der Waals surface area contributed by atoms with Gasteiger partial charge in [0.15, 0.2) is 0 Å². The molecule has 0 aliphatic carbocycles. The Hall–Kier alpha value is -1.23. The number of carbonyl (C=O) groups is 1. The molecule has 0 saturated carbocycles. The number of aromatic nitrogens is 1. The predicted octanol–water partition coefficient (Wildman–Crippen LogP) is 2.73. The molecule has 1 aromatic heterocycles. The lowest BCUT2D eigenvalue weighted by Crippen LogP contribution is -2.08. The maximum absolute atomic E-state index is 11.7. The number of pyridine rings is 1. The summed E-state index contributed by atoms with van der Waals surface area (Å²) in [5, 5.41) is 0.700. The highest BCUT2D eigenvalue weighted by atomic mass is 32.2. The fourth-order valence-electron chi connectivity index (χ4n) is 1.25. The largest absolute Gasteiger partial charge is 0.462 e. The lowest BCUT2D eigenvalue weighted by Gasteiger charge is -2.08. The number of anilines is 1. The smallest absolute Gasteiger partial charge is 0.340 e. The Morgan fingerprint density at radius 2 is 2.29 bits per heavy atom. The number of ether oxygens (including phenoxy) is 1. The minimum Gasteiger partial charge on any atom is -0.462 e. The second-order valence-electron chi connectivity index (χ2n) is 3.54. The Morgan fingerprint density at radius 1 is 1.53 bits per heavy atom. The van der Waals surface area contributed by atoms with E-state index < -0.39 is 0 Å². The molecule has 0 radical (unpaired) electrons. The number of nitrogens with two attached hydrogens (primary N) is 1. The van der Waals surface area contributed by atoms with Crippen molar-refractivity contribution in [3.63, 3.8) is 0 Å². The number of hydrogen-bond donors (Lipinski definition) is 1. The van der Waals surface area contributed by atoms with Crippen molar-refractivity contribution >= 4 is 23.4 Å². The fraction of sp³-hybridized carbons (Fsp3) is 0.500. The number of carbonyl (C=O) groups excluding carboxylic acids is 1. The van der Waals surface area contributed by atoms with E-state index in [1.807, 2.05) is 0 Å². The first-order valence-corrected chi connectivity index (χ1v) is 6.73. The summed E-state index contributed by atoms with van der Waals surface area (Å²) in [4.78, 5) is 15.9. The average Bonchev–Trinajstić information content (AvgIpc) is 2.31. The molecule has 0 saturated heterocycles. The quantitative estimate of drug-likeness (QED) is 0.480. The lowest BCUT2D eigenvalue weighted by atomic mass is 10.3. The van der Waals surface area contributed by atoms with Crippen molar-refractivity contribution in [3.8, 4) is 0 Å². The van der Waals surface area contributed by atoms with Gasteiger partial charge in [-0.3, -0.25) is 0 Å². The Morgan fingerprint density at radius 3 is 2.94 bits per heavy atom. The van der Waals surface area contributed by atoms with Gasteiger partial charge in [-0.05, 0) is 25.2 Å². The van der Waals surface area contributed by atoms with Crippen LogP contribution < -0.4 is 5.73 Å². The molecule has 0 aliphatic heterocycles. The highest BCUT2D eigenvalue weighted by molar-refractivity contribution is 7.99. The van der Waals surface area contributed by atoms with Gasteiger partial charge in [0.05, 0.1) is 24.1 Å². The third kappa shape index (κ3) is 4.26. The van der Waals surface area contributed by atoms with Crippen LogP contribution in [0.5, 0.6) is 0 Å². The first-order valence-electron chi connectivity index (χ1n) is 5.74. The molecule has 0 amide bonds. The van der Waals surface area contributed by atoms with Gasteiger partial charge in [0.1, 0.15) is 5.03 Å². The van der Waals surface area contributed by atoms with Gasteiger partial charge in [-0.25, -0.2) is 9.78 Å². The number of esters is 1. The molecule has 5 heteroatoms. The van der Waals surface area contributed by atoms with Gasteiger partial charge in [0, 0.05) is 0 Å². The Kier molecular flexibility index (Phi) is 5.83. The van der Waals surface area contributed by atoms with Crippen LogP contribution in [-0.2, 0) is 4.74 Å². The molecular weight excluding hydrogens is 236 g/mol. The molecular formula is C12H18N2O2S. The third-order valence-corrected chi connectivity index (χ3v) is 3.20. The van der Waals surface area contributed by atoms with Gasteiger partial charge in [0.2, 0.25) is 0 Å². The van der Waals surface area contributed by atoms with Gasteiger partial charge < -0.3 is 10.5 Å². The van der Waals surface area contributed by atoms with Crippen molar-refractivity contribution in [2.45, 2.75) is 31.7 Å². The highest BCUT2D eigenvalue weighted by Gasteiger charge is 2.14. The van der Waals surface area contributed by atoms with Gasteiger partial charge >= 0.3 is 5.97 Å². The maximum Gasteiger partial charge on any atom is 0.340 e. The molecule has 4 nitrogen and oxygen atoms in total. The summed E-state index contributed by atoms with van der Waals surface area (Å²) >= 11 is 1.57. The monoisotopic (exact) mass is 254 g/mol. The number of nitrogens with zero attached hydrogens (tertiary/aromatic N) is 1. The van der Waals surface area contributed by atoms with E-state index in [4.69, 9.17) is 10.5 Å². The van der Waals surface area contributed by atoms with E-state index in [2.05, 4.69) is 11.9 Å². The van der Waals surface area contributed by atoms with Crippen molar-refractivity contribution in [3.05, 3.63) is 17.8 Å². The normalized spacial score (nSPS) is 10.2. The van der Waals surface area contributed by atoms with Crippen LogP contribution in [0.1, 0.15) is 37.0 Å². The molecule has 0 fully saturated rings. The number of rotatable bonds is 6. The number of hydrogen-bond acceptors (Lipinski definition) is 5. The second kappa shape index (κ2) is 7.17. The van der Waals surface area contributed by atoms with E-state index in [-0.39, 0.29) is 5.97 Å². The van der Waals surface area contributed by atoms with E-state index in [0.717, 1.165) is 18.6 Å². The van der Waals surface area contributed by atoms with Crippen LogP contribution in [-0.4, -0.2) is 23.3 Å². The first-order chi connectivity index (χ1) is 8.19. The Bertz CT molecular complexity index is 383. The van der Waals surface area contributed by atoms with E-state index in [1.54, 1.807) is 30.9 Å². The second-order valence-corrected chi connectivity index (χ2v) is 4.63. The molecule has 0 aromatic carbocycles. The Balaban J connectivity index is 2.83. The molecule has 2 N–H and O–H groups in total. The molecule has 0 spiro atoms. The highest BCUT2D eigenvalue weighted by Crippen LogP contribution is 2.23. The molecule has 94 valence electrons. The Labute approximate surface area is 106 Å². The van der Waals surface area contributed by atoms with Crippen LogP contribution in [0.2, 0.25) is 0 Å². The molecule has 0 aliphatic rings. The van der Waals surface area contributed by atoms with Gasteiger partial charge in [0.25, 0.3) is 0 Å². The third-order valence-electron chi connectivity index (χ3n) is 2.10. The standard InChI is InChI=1S/C12H18N2O2S/c1-3-5-6-17-11-10(12(15)16-4-2)7-9(13)8-14-11/h7-8H,3-6,13H2,1-2H3. The zero-order valence-corrected chi connectivity index (χ0v) is 11.0. The first kappa shape index (κ1) is 13.8. The summed E-state index contributed by atoms with van der Waals surface area (Å²) in [5.41, 5.74) is 6.58. The zero-order valence-electron chi connectivity index (χ0n) is 10.2. The summed E-state index contributed by atoms with van der Waals surface area (Å²) < 4.78 is 4.98. The van der Waals surface area contributed by atoms with Crippen LogP contribution in [0.25, 0.3) is 0 Å². The number of unbranched alkanes of at least 4 members (excludes halogenated alkanes) is 1. The van der Waals surface area contributed by atoms with E-state index in [9.17, 15) is 4.79 Å². The maximum atomic E-state index is 11.7. The predicted molar refractivity (Wildman–Crippen MR) is 70.2 cm³/mol. The van der Waals surface area contributed by atoms with E-state index in [0.29, 0.717) is 22.9 Å². The minimum absolute atomic E-state index is 0.354. The molecule has 1 aromatic rings. The van der Waals surface area contributed by atoms with Crippen molar-refractivity contribution in [2.24, 2.45) is 0 Å². The average molecular weight is 254 g/mol. The van der Waals surface area contributed by atoms with Crippen molar-refractivity contribution in [1.82, 2.24) is 4.98 Å². The van der Waals surface area contributed by atoms with Crippen molar-refractivity contribution < 1.29 is 9.53 Å².